The van der Waals surface area contributed by atoms with Crippen LogP contribution in [0.15, 0.2) is 16.4 Å². The third-order valence-electron chi connectivity index (χ3n) is 1.12. The third-order valence-corrected chi connectivity index (χ3v) is 1.94. The second-order valence-corrected chi connectivity index (χ2v) is 3.12. The molecule has 64 valence electrons. The second kappa shape index (κ2) is 3.36. The average Bonchev–Trinajstić information content (AvgIpc) is 2.34. The van der Waals surface area contributed by atoms with Crippen molar-refractivity contribution in [3.8, 4) is 0 Å². The van der Waals surface area contributed by atoms with E-state index < -0.39 is 5.97 Å². The summed E-state index contributed by atoms with van der Waals surface area (Å²) in [5.41, 5.74) is 5.57. The number of carboxylic acid groups (broad SMARTS) is 1. The van der Waals surface area contributed by atoms with Gasteiger partial charge in [0.25, 0.3) is 0 Å². The van der Waals surface area contributed by atoms with Crippen molar-refractivity contribution in [3.63, 3.8) is 0 Å². The Balaban J connectivity index is 2.92. The Hall–Kier alpha value is -1.36. The first kappa shape index (κ1) is 8.73. The fourth-order valence-electron chi connectivity index (χ4n) is 0.670. The lowest BCUT2D eigenvalue weighted by Crippen LogP contribution is -2.03. The van der Waals surface area contributed by atoms with Crippen LogP contribution < -0.4 is 5.73 Å². The lowest BCUT2D eigenvalue weighted by Gasteiger charge is -1.86. The summed E-state index contributed by atoms with van der Waals surface area (Å²) in [5.74, 6) is -0.517. The zero-order valence-electron chi connectivity index (χ0n) is 6.44. The number of aliphatic imine (C=N–C) groups is 1. The van der Waals surface area contributed by atoms with Crippen LogP contribution in [0.1, 0.15) is 17.3 Å². The van der Waals surface area contributed by atoms with Gasteiger partial charge in [-0.25, -0.2) is 9.79 Å². The molecule has 1 rings (SSSR count). The number of hydrogen-bond donors (Lipinski definition) is 2. The molecule has 0 fully saturated rings. The molecule has 0 saturated carbocycles. The normalized spacial score (nSPS) is 11.6. The van der Waals surface area contributed by atoms with Crippen LogP contribution in [0.3, 0.4) is 0 Å². The predicted molar refractivity (Wildman–Crippen MR) is 48.2 cm³/mol. The molecule has 3 N–H and O–H groups in total. The predicted octanol–water partition coefficient (Wildman–Crippen LogP) is 1.45. The van der Waals surface area contributed by atoms with Gasteiger partial charge < -0.3 is 10.8 Å². The average molecular weight is 184 g/mol. The first-order valence-electron chi connectivity index (χ1n) is 3.22. The fourth-order valence-corrected chi connectivity index (χ4v) is 1.48. The second-order valence-electron chi connectivity index (χ2n) is 2.23. The zero-order chi connectivity index (χ0) is 9.14. The molecule has 0 unspecified atom stereocenters. The summed E-state index contributed by atoms with van der Waals surface area (Å²) in [7, 11) is 0. The van der Waals surface area contributed by atoms with Crippen molar-refractivity contribution in [1.29, 1.82) is 0 Å². The Morgan fingerprint density at radius 1 is 1.75 bits per heavy atom. The largest absolute Gasteiger partial charge is 0.478 e. The van der Waals surface area contributed by atoms with E-state index in [2.05, 4.69) is 4.99 Å². The summed E-state index contributed by atoms with van der Waals surface area (Å²) in [6.07, 6.45) is 0. The first-order valence-corrected chi connectivity index (χ1v) is 4.10. The van der Waals surface area contributed by atoms with E-state index in [1.165, 1.54) is 22.8 Å². The van der Waals surface area contributed by atoms with Crippen molar-refractivity contribution in [2.75, 3.05) is 0 Å². The number of aromatic carboxylic acids is 1. The molecule has 0 aliphatic rings. The number of carboxylic acids is 1. The van der Waals surface area contributed by atoms with Crippen LogP contribution in [0.4, 0.5) is 5.00 Å². The van der Waals surface area contributed by atoms with Gasteiger partial charge in [0.05, 0.1) is 11.4 Å². The molecule has 0 aliphatic heterocycles. The summed E-state index contributed by atoms with van der Waals surface area (Å²) in [5, 5.41) is 10.7. The molecule has 0 bridgehead atoms. The van der Waals surface area contributed by atoms with Gasteiger partial charge in [-0.2, -0.15) is 0 Å². The summed E-state index contributed by atoms with van der Waals surface area (Å²) in [4.78, 5) is 14.3. The molecule has 1 aromatic rings. The van der Waals surface area contributed by atoms with Crippen LogP contribution in [0.2, 0.25) is 0 Å². The van der Waals surface area contributed by atoms with Crippen LogP contribution in [0, 0.1) is 0 Å². The van der Waals surface area contributed by atoms with Gasteiger partial charge in [0.1, 0.15) is 5.00 Å². The number of amidine groups is 1. The van der Waals surface area contributed by atoms with E-state index in [1.54, 1.807) is 6.92 Å². The highest BCUT2D eigenvalue weighted by Gasteiger charge is 2.04. The van der Waals surface area contributed by atoms with Gasteiger partial charge in [-0.05, 0) is 13.0 Å². The summed E-state index contributed by atoms with van der Waals surface area (Å²) >= 11 is 1.26. The lowest BCUT2D eigenvalue weighted by atomic mass is 10.3. The number of carbonyl (C=O) groups is 1. The van der Waals surface area contributed by atoms with Gasteiger partial charge in [0, 0.05) is 5.38 Å². The quantitative estimate of drug-likeness (QED) is 0.539. The Labute approximate surface area is 73.4 Å². The van der Waals surface area contributed by atoms with Gasteiger partial charge in [0.15, 0.2) is 0 Å². The van der Waals surface area contributed by atoms with Crippen molar-refractivity contribution in [3.05, 3.63) is 17.0 Å². The molecule has 4 nitrogen and oxygen atoms in total. The molecule has 0 atom stereocenters. The maximum Gasteiger partial charge on any atom is 0.336 e. The van der Waals surface area contributed by atoms with Crippen molar-refractivity contribution in [2.24, 2.45) is 10.7 Å². The maximum atomic E-state index is 10.4. The van der Waals surface area contributed by atoms with Gasteiger partial charge in [-0.15, -0.1) is 11.3 Å². The Bertz CT molecular complexity index is 326. The summed E-state index contributed by atoms with van der Waals surface area (Å²) in [6, 6.07) is 1.49. The number of thiophene rings is 1. The highest BCUT2D eigenvalue weighted by Crippen LogP contribution is 2.23. The van der Waals surface area contributed by atoms with E-state index in [4.69, 9.17) is 10.8 Å². The molecule has 0 saturated heterocycles. The van der Waals surface area contributed by atoms with E-state index in [0.29, 0.717) is 10.8 Å². The minimum Gasteiger partial charge on any atom is -0.478 e. The van der Waals surface area contributed by atoms with Crippen molar-refractivity contribution in [2.45, 2.75) is 6.92 Å². The first-order chi connectivity index (χ1) is 5.59. The fraction of sp³-hybridized carbons (Fsp3) is 0.143. The molecule has 0 aromatic carbocycles. The number of rotatable bonds is 2. The molecule has 1 aromatic heterocycles. The Kier molecular flexibility index (Phi) is 2.44. The van der Waals surface area contributed by atoms with E-state index in [1.807, 2.05) is 0 Å². The summed E-state index contributed by atoms with van der Waals surface area (Å²) in [6.45, 7) is 1.65. The molecular formula is C7H8N2O2S. The topological polar surface area (TPSA) is 75.7 Å². The minimum absolute atomic E-state index is 0.250. The van der Waals surface area contributed by atoms with Crippen LogP contribution in [0.5, 0.6) is 0 Å². The van der Waals surface area contributed by atoms with E-state index in [0.717, 1.165) is 0 Å². The van der Waals surface area contributed by atoms with Gasteiger partial charge in [-0.1, -0.05) is 0 Å². The van der Waals surface area contributed by atoms with E-state index in [9.17, 15) is 4.79 Å². The minimum atomic E-state index is -0.942. The van der Waals surface area contributed by atoms with Crippen molar-refractivity contribution >= 4 is 28.1 Å². The molecule has 12 heavy (non-hydrogen) atoms. The van der Waals surface area contributed by atoms with Crippen LogP contribution >= 0.6 is 11.3 Å². The highest BCUT2D eigenvalue weighted by molar-refractivity contribution is 7.14. The lowest BCUT2D eigenvalue weighted by molar-refractivity contribution is 0.0697. The van der Waals surface area contributed by atoms with Gasteiger partial charge >= 0.3 is 5.97 Å². The highest BCUT2D eigenvalue weighted by atomic mass is 32.1. The van der Waals surface area contributed by atoms with Crippen LogP contribution in [-0.4, -0.2) is 16.9 Å². The van der Waals surface area contributed by atoms with Gasteiger partial charge in [0.2, 0.25) is 0 Å². The number of hydrogen-bond acceptors (Lipinski definition) is 3. The molecule has 5 heteroatoms. The standard InChI is InChI=1S/C7H8N2O2S/c1-4(8)9-6-2-5(3-12-6)7(10)11/h2-3H,1H3,(H2,8,9)(H,10,11). The molecule has 1 heterocycles. The zero-order valence-corrected chi connectivity index (χ0v) is 7.26. The molecule has 0 radical (unpaired) electrons. The molecule has 0 aliphatic carbocycles. The van der Waals surface area contributed by atoms with E-state index >= 15 is 0 Å². The monoisotopic (exact) mass is 184 g/mol. The number of nitrogens with zero attached hydrogens (tertiary/aromatic N) is 1. The molecule has 0 amide bonds. The SMILES string of the molecule is C/C(N)=N/c1cc(C(=O)O)cs1. The smallest absolute Gasteiger partial charge is 0.336 e. The summed E-state index contributed by atoms with van der Waals surface area (Å²) < 4.78 is 0. The van der Waals surface area contributed by atoms with Gasteiger partial charge in [-0.3, -0.25) is 0 Å². The van der Waals surface area contributed by atoms with Crippen LogP contribution in [0.25, 0.3) is 0 Å². The van der Waals surface area contributed by atoms with Crippen molar-refractivity contribution < 1.29 is 9.90 Å². The van der Waals surface area contributed by atoms with E-state index in [-0.39, 0.29) is 5.56 Å². The number of nitrogens with two attached hydrogens (primary N) is 1. The Morgan fingerprint density at radius 3 is 2.83 bits per heavy atom. The Morgan fingerprint density at radius 2 is 2.42 bits per heavy atom. The van der Waals surface area contributed by atoms with Crippen molar-refractivity contribution in [1.82, 2.24) is 0 Å². The molecule has 0 spiro atoms. The molecular weight excluding hydrogens is 176 g/mol. The maximum absolute atomic E-state index is 10.4. The third kappa shape index (κ3) is 2.06. The van der Waals surface area contributed by atoms with Crippen LogP contribution in [-0.2, 0) is 0 Å².